The number of pyridine rings is 1. The molecule has 0 aliphatic heterocycles. The van der Waals surface area contributed by atoms with E-state index < -0.39 is 0 Å². The first-order valence-electron chi connectivity index (χ1n) is 7.67. The number of amides is 1. The van der Waals surface area contributed by atoms with E-state index in [1.165, 1.54) is 0 Å². The Kier molecular flexibility index (Phi) is 4.29. The lowest BCUT2D eigenvalue weighted by Crippen LogP contribution is -2.12. The maximum Gasteiger partial charge on any atom is 0.255 e. The summed E-state index contributed by atoms with van der Waals surface area (Å²) in [7, 11) is 0. The average molecular weight is 318 g/mol. The molecule has 0 fully saturated rings. The topological polar surface area (TPSA) is 62.2 Å². The zero-order valence-electron chi connectivity index (χ0n) is 13.6. The van der Waals surface area contributed by atoms with Crippen LogP contribution < -0.4 is 5.32 Å². The summed E-state index contributed by atoms with van der Waals surface area (Å²) in [5.74, 6) is -0.0540. The van der Waals surface area contributed by atoms with Crippen LogP contribution in [0.2, 0.25) is 0 Å². The second-order valence-corrected chi connectivity index (χ2v) is 5.78. The van der Waals surface area contributed by atoms with Gasteiger partial charge in [-0.25, -0.2) is 0 Å². The number of carbonyl (C=O) groups is 1. The van der Waals surface area contributed by atoms with Gasteiger partial charge in [-0.1, -0.05) is 18.2 Å². The predicted molar refractivity (Wildman–Crippen MR) is 95.2 cm³/mol. The van der Waals surface area contributed by atoms with Crippen LogP contribution in [-0.2, 0) is 0 Å². The molecule has 4 heteroatoms. The van der Waals surface area contributed by atoms with Crippen LogP contribution in [0.3, 0.4) is 0 Å². The molecular weight excluding hydrogens is 300 g/mol. The normalized spacial score (nSPS) is 10.4. The highest BCUT2D eigenvalue weighted by Crippen LogP contribution is 2.26. The molecule has 3 rings (SSSR count). The van der Waals surface area contributed by atoms with Crippen LogP contribution in [0.5, 0.6) is 5.75 Å². The fourth-order valence-corrected chi connectivity index (χ4v) is 2.65. The highest BCUT2D eigenvalue weighted by atomic mass is 16.3. The van der Waals surface area contributed by atoms with Gasteiger partial charge in [0.2, 0.25) is 0 Å². The van der Waals surface area contributed by atoms with Gasteiger partial charge in [-0.2, -0.15) is 0 Å². The molecule has 1 aromatic heterocycles. The molecule has 0 aliphatic rings. The summed E-state index contributed by atoms with van der Waals surface area (Å²) in [5.41, 5.74) is 4.80. The van der Waals surface area contributed by atoms with E-state index in [1.807, 2.05) is 26.0 Å². The van der Waals surface area contributed by atoms with Gasteiger partial charge in [0.15, 0.2) is 0 Å². The third-order valence-electron chi connectivity index (χ3n) is 3.69. The second-order valence-electron chi connectivity index (χ2n) is 5.78. The van der Waals surface area contributed by atoms with Crippen molar-refractivity contribution in [3.05, 3.63) is 77.5 Å². The van der Waals surface area contributed by atoms with Crippen molar-refractivity contribution in [2.45, 2.75) is 13.8 Å². The van der Waals surface area contributed by atoms with Gasteiger partial charge in [0.05, 0.1) is 0 Å². The quantitative estimate of drug-likeness (QED) is 0.756. The number of hydrogen-bond acceptors (Lipinski definition) is 3. The summed E-state index contributed by atoms with van der Waals surface area (Å²) < 4.78 is 0. The zero-order valence-corrected chi connectivity index (χ0v) is 13.6. The van der Waals surface area contributed by atoms with Crippen molar-refractivity contribution in [1.29, 1.82) is 0 Å². The van der Waals surface area contributed by atoms with E-state index in [0.717, 1.165) is 22.4 Å². The molecular formula is C20H18N2O2. The van der Waals surface area contributed by atoms with Crippen molar-refractivity contribution in [2.24, 2.45) is 0 Å². The first-order chi connectivity index (χ1) is 11.5. The summed E-state index contributed by atoms with van der Waals surface area (Å²) in [5, 5.41) is 12.8. The number of benzene rings is 2. The fraction of sp³-hybridized carbons (Fsp3) is 0.100. The van der Waals surface area contributed by atoms with Gasteiger partial charge in [-0.15, -0.1) is 0 Å². The van der Waals surface area contributed by atoms with Crippen molar-refractivity contribution in [3.63, 3.8) is 0 Å². The first-order valence-corrected chi connectivity index (χ1v) is 7.67. The van der Waals surface area contributed by atoms with E-state index in [2.05, 4.69) is 16.4 Å². The molecule has 24 heavy (non-hydrogen) atoms. The van der Waals surface area contributed by atoms with Crippen molar-refractivity contribution >= 4 is 11.6 Å². The van der Waals surface area contributed by atoms with Gasteiger partial charge in [0.25, 0.3) is 5.91 Å². The third-order valence-corrected chi connectivity index (χ3v) is 3.69. The van der Waals surface area contributed by atoms with Crippen LogP contribution in [0.15, 0.2) is 60.8 Å². The Morgan fingerprint density at radius 1 is 1.00 bits per heavy atom. The molecule has 0 atom stereocenters. The van der Waals surface area contributed by atoms with Crippen molar-refractivity contribution in [3.8, 4) is 17.0 Å². The molecule has 0 unspecified atom stereocenters. The minimum atomic E-state index is -0.170. The Hall–Kier alpha value is -3.14. The van der Waals surface area contributed by atoms with E-state index in [9.17, 15) is 9.90 Å². The maximum atomic E-state index is 12.4. The third kappa shape index (κ3) is 3.43. The monoisotopic (exact) mass is 318 g/mol. The molecule has 120 valence electrons. The highest BCUT2D eigenvalue weighted by molar-refractivity contribution is 6.04. The number of aromatic hydroxyl groups is 1. The lowest BCUT2D eigenvalue weighted by molar-refractivity contribution is 0.102. The van der Waals surface area contributed by atoms with E-state index in [0.29, 0.717) is 11.3 Å². The van der Waals surface area contributed by atoms with Gasteiger partial charge in [-0.05, 0) is 61.4 Å². The van der Waals surface area contributed by atoms with Crippen LogP contribution in [0.25, 0.3) is 11.3 Å². The molecule has 4 nitrogen and oxygen atoms in total. The Morgan fingerprint density at radius 2 is 1.67 bits per heavy atom. The molecule has 1 amide bonds. The molecule has 2 aromatic carbocycles. The molecule has 0 spiro atoms. The first kappa shape index (κ1) is 15.7. The minimum Gasteiger partial charge on any atom is -0.506 e. The second kappa shape index (κ2) is 6.54. The van der Waals surface area contributed by atoms with Gasteiger partial charge >= 0.3 is 0 Å². The number of nitrogens with one attached hydrogen (secondary N) is 1. The maximum absolute atomic E-state index is 12.4. The summed E-state index contributed by atoms with van der Waals surface area (Å²) in [4.78, 5) is 16.5. The summed E-state index contributed by atoms with van der Waals surface area (Å²) in [6, 6.07) is 16.2. The Bertz CT molecular complexity index is 866. The standard InChI is InChI=1S/C20H18N2O2/c1-13-10-14(2)12-17(11-13)22-20(24)16-7-5-15(6-8-16)19-18(23)4-3-9-21-19/h3-12,23H,1-2H3,(H,22,24). The molecule has 3 aromatic rings. The molecule has 0 bridgehead atoms. The predicted octanol–water partition coefficient (Wildman–Crippen LogP) is 4.32. The minimum absolute atomic E-state index is 0.116. The number of carbonyl (C=O) groups excluding carboxylic acids is 1. The van der Waals surface area contributed by atoms with Crippen LogP contribution in [0.1, 0.15) is 21.5 Å². The molecule has 0 aliphatic carbocycles. The highest BCUT2D eigenvalue weighted by Gasteiger charge is 2.09. The number of aromatic nitrogens is 1. The van der Waals surface area contributed by atoms with Gasteiger partial charge in [-0.3, -0.25) is 9.78 Å². The molecule has 2 N–H and O–H groups in total. The van der Waals surface area contributed by atoms with Crippen molar-refractivity contribution in [1.82, 2.24) is 4.98 Å². The van der Waals surface area contributed by atoms with E-state index in [1.54, 1.807) is 42.6 Å². The van der Waals surface area contributed by atoms with E-state index in [4.69, 9.17) is 0 Å². The molecule has 0 radical (unpaired) electrons. The van der Waals surface area contributed by atoms with Crippen molar-refractivity contribution in [2.75, 3.05) is 5.32 Å². The van der Waals surface area contributed by atoms with Gasteiger partial charge in [0, 0.05) is 23.0 Å². The van der Waals surface area contributed by atoms with Gasteiger partial charge in [0.1, 0.15) is 11.4 Å². The summed E-state index contributed by atoms with van der Waals surface area (Å²) in [6.07, 6.45) is 1.62. The number of anilines is 1. The lowest BCUT2D eigenvalue weighted by Gasteiger charge is -2.08. The Morgan fingerprint density at radius 3 is 2.29 bits per heavy atom. The van der Waals surface area contributed by atoms with Crippen LogP contribution in [0, 0.1) is 13.8 Å². The van der Waals surface area contributed by atoms with Crippen LogP contribution in [-0.4, -0.2) is 16.0 Å². The van der Waals surface area contributed by atoms with E-state index >= 15 is 0 Å². The van der Waals surface area contributed by atoms with Crippen molar-refractivity contribution < 1.29 is 9.90 Å². The number of rotatable bonds is 3. The Balaban J connectivity index is 1.80. The number of nitrogens with zero attached hydrogens (tertiary/aromatic N) is 1. The SMILES string of the molecule is Cc1cc(C)cc(NC(=O)c2ccc(-c3ncccc3O)cc2)c1. The average Bonchev–Trinajstić information content (AvgIpc) is 2.54. The molecule has 1 heterocycles. The lowest BCUT2D eigenvalue weighted by atomic mass is 10.1. The summed E-state index contributed by atoms with van der Waals surface area (Å²) in [6.45, 7) is 3.99. The van der Waals surface area contributed by atoms with E-state index in [-0.39, 0.29) is 11.7 Å². The number of aryl methyl sites for hydroxylation is 2. The van der Waals surface area contributed by atoms with Crippen LogP contribution >= 0.6 is 0 Å². The molecule has 0 saturated heterocycles. The molecule has 0 saturated carbocycles. The largest absolute Gasteiger partial charge is 0.506 e. The number of hydrogen-bond donors (Lipinski definition) is 2. The van der Waals surface area contributed by atoms with Gasteiger partial charge < -0.3 is 10.4 Å². The Labute approximate surface area is 140 Å². The summed E-state index contributed by atoms with van der Waals surface area (Å²) >= 11 is 0. The smallest absolute Gasteiger partial charge is 0.255 e. The zero-order chi connectivity index (χ0) is 17.1. The van der Waals surface area contributed by atoms with Crippen LogP contribution in [0.4, 0.5) is 5.69 Å². The fourth-order valence-electron chi connectivity index (χ4n) is 2.65.